The van der Waals surface area contributed by atoms with Crippen LogP contribution in [0.5, 0.6) is 0 Å². The van der Waals surface area contributed by atoms with Gasteiger partial charge in [0.15, 0.2) is 0 Å². The van der Waals surface area contributed by atoms with Crippen molar-refractivity contribution < 1.29 is 9.59 Å². The van der Waals surface area contributed by atoms with Gasteiger partial charge in [-0.2, -0.15) is 0 Å². The van der Waals surface area contributed by atoms with Crippen molar-refractivity contribution in [3.63, 3.8) is 0 Å². The first-order valence-corrected chi connectivity index (χ1v) is 7.63. The summed E-state index contributed by atoms with van der Waals surface area (Å²) in [6.45, 7) is 1.91. The van der Waals surface area contributed by atoms with Gasteiger partial charge in [-0.1, -0.05) is 30.3 Å². The summed E-state index contributed by atoms with van der Waals surface area (Å²) in [6, 6.07) is 15.1. The molecule has 2 rings (SSSR count). The van der Waals surface area contributed by atoms with E-state index in [1.807, 2.05) is 55.5 Å². The van der Waals surface area contributed by atoms with Crippen molar-refractivity contribution in [2.75, 3.05) is 19.4 Å². The highest BCUT2D eigenvalue weighted by Gasteiger charge is 2.09. The second-order valence-corrected chi connectivity index (χ2v) is 5.76. The summed E-state index contributed by atoms with van der Waals surface area (Å²) in [7, 11) is 3.50. The monoisotopic (exact) mass is 310 g/mol. The molecule has 4 nitrogen and oxygen atoms in total. The lowest BCUT2D eigenvalue weighted by Crippen LogP contribution is -2.21. The van der Waals surface area contributed by atoms with Crippen molar-refractivity contribution in [1.29, 1.82) is 0 Å². The molecule has 0 atom stereocenters. The van der Waals surface area contributed by atoms with Gasteiger partial charge in [0.25, 0.3) is 5.91 Å². The lowest BCUT2D eigenvalue weighted by Gasteiger charge is -2.11. The van der Waals surface area contributed by atoms with Crippen molar-refractivity contribution in [3.05, 3.63) is 65.2 Å². The van der Waals surface area contributed by atoms with Crippen LogP contribution in [-0.2, 0) is 11.2 Å². The predicted octanol–water partition coefficient (Wildman–Crippen LogP) is 3.27. The molecule has 0 heterocycles. The molecule has 2 amide bonds. The first-order chi connectivity index (χ1) is 11.0. The minimum absolute atomic E-state index is 0.0966. The maximum atomic E-state index is 12.3. The summed E-state index contributed by atoms with van der Waals surface area (Å²) in [5.41, 5.74) is 3.38. The van der Waals surface area contributed by atoms with Crippen LogP contribution in [0, 0.1) is 6.92 Å². The zero-order chi connectivity index (χ0) is 16.8. The van der Waals surface area contributed by atoms with Gasteiger partial charge in [0.1, 0.15) is 0 Å². The molecule has 23 heavy (non-hydrogen) atoms. The third-order valence-electron chi connectivity index (χ3n) is 3.70. The molecule has 0 fully saturated rings. The third-order valence-corrected chi connectivity index (χ3v) is 3.70. The maximum Gasteiger partial charge on any atom is 0.255 e. The molecule has 0 aliphatic rings. The highest BCUT2D eigenvalue weighted by atomic mass is 16.2. The van der Waals surface area contributed by atoms with Gasteiger partial charge in [-0.05, 0) is 42.7 Å². The molecule has 0 spiro atoms. The summed E-state index contributed by atoms with van der Waals surface area (Å²) in [5.74, 6) is -0.0241. The summed E-state index contributed by atoms with van der Waals surface area (Å²) >= 11 is 0. The summed E-state index contributed by atoms with van der Waals surface area (Å²) in [4.78, 5) is 25.6. The molecule has 1 N–H and O–H groups in total. The number of anilines is 1. The molecule has 2 aromatic rings. The summed E-state index contributed by atoms with van der Waals surface area (Å²) in [6.07, 6.45) is 1.12. The molecule has 0 bridgehead atoms. The first-order valence-electron chi connectivity index (χ1n) is 7.63. The number of benzene rings is 2. The number of carbonyl (C=O) groups is 2. The van der Waals surface area contributed by atoms with Gasteiger partial charge in [0.05, 0.1) is 0 Å². The molecule has 0 aliphatic heterocycles. The molecule has 0 aliphatic carbocycles. The number of rotatable bonds is 5. The Kier molecular flexibility index (Phi) is 5.52. The Morgan fingerprint density at radius 3 is 2.48 bits per heavy atom. The predicted molar refractivity (Wildman–Crippen MR) is 92.6 cm³/mol. The number of amides is 2. The lowest BCUT2D eigenvalue weighted by atomic mass is 10.1. The average Bonchev–Trinajstić information content (AvgIpc) is 2.53. The van der Waals surface area contributed by atoms with Crippen molar-refractivity contribution in [2.45, 2.75) is 19.8 Å². The topological polar surface area (TPSA) is 49.4 Å². The Hall–Kier alpha value is -2.62. The lowest BCUT2D eigenvalue weighted by molar-refractivity contribution is -0.128. The number of aryl methyl sites for hydroxylation is 2. The average molecular weight is 310 g/mol. The van der Waals surface area contributed by atoms with Crippen molar-refractivity contribution >= 4 is 17.5 Å². The van der Waals surface area contributed by atoms with E-state index in [1.54, 1.807) is 19.0 Å². The van der Waals surface area contributed by atoms with Crippen molar-refractivity contribution in [2.24, 2.45) is 0 Å². The van der Waals surface area contributed by atoms with Crippen LogP contribution in [0.4, 0.5) is 5.69 Å². The molecular weight excluding hydrogens is 288 g/mol. The van der Waals surface area contributed by atoms with E-state index in [0.29, 0.717) is 18.4 Å². The Morgan fingerprint density at radius 1 is 1.04 bits per heavy atom. The van der Waals surface area contributed by atoms with Crippen LogP contribution in [0.15, 0.2) is 48.5 Å². The number of carbonyl (C=O) groups excluding carboxylic acids is 2. The highest BCUT2D eigenvalue weighted by molar-refractivity contribution is 6.05. The van der Waals surface area contributed by atoms with Gasteiger partial charge in [-0.25, -0.2) is 0 Å². The van der Waals surface area contributed by atoms with Gasteiger partial charge >= 0.3 is 0 Å². The Labute approximate surface area is 137 Å². The van der Waals surface area contributed by atoms with E-state index in [-0.39, 0.29) is 11.8 Å². The Morgan fingerprint density at radius 2 is 1.78 bits per heavy atom. The molecule has 0 saturated heterocycles. The van der Waals surface area contributed by atoms with Crippen LogP contribution in [0.1, 0.15) is 27.9 Å². The zero-order valence-corrected chi connectivity index (χ0v) is 13.8. The molecule has 0 unspecified atom stereocenters. The fraction of sp³-hybridized carbons (Fsp3) is 0.263. The molecule has 0 aromatic heterocycles. The van der Waals surface area contributed by atoms with Crippen LogP contribution in [0.3, 0.4) is 0 Å². The summed E-state index contributed by atoms with van der Waals surface area (Å²) < 4.78 is 0. The quantitative estimate of drug-likeness (QED) is 0.921. The Bertz CT molecular complexity index is 708. The standard InChI is InChI=1S/C19H22N2O2/c1-14-7-4-5-10-17(14)19(23)20-16-9-6-8-15(13-16)11-12-18(22)21(2)3/h4-10,13H,11-12H2,1-3H3,(H,20,23). The smallest absolute Gasteiger partial charge is 0.255 e. The van der Waals surface area contributed by atoms with E-state index < -0.39 is 0 Å². The fourth-order valence-corrected chi connectivity index (χ4v) is 2.31. The van der Waals surface area contributed by atoms with E-state index in [9.17, 15) is 9.59 Å². The minimum Gasteiger partial charge on any atom is -0.349 e. The Balaban J connectivity index is 2.04. The van der Waals surface area contributed by atoms with Gasteiger partial charge in [0, 0.05) is 31.8 Å². The largest absolute Gasteiger partial charge is 0.349 e. The SMILES string of the molecule is Cc1ccccc1C(=O)Nc1cccc(CCC(=O)N(C)C)c1. The fourth-order valence-electron chi connectivity index (χ4n) is 2.31. The number of hydrogen-bond acceptors (Lipinski definition) is 2. The van der Waals surface area contributed by atoms with Gasteiger partial charge in [-0.3, -0.25) is 9.59 Å². The van der Waals surface area contributed by atoms with Crippen LogP contribution in [0.25, 0.3) is 0 Å². The van der Waals surface area contributed by atoms with Crippen LogP contribution in [-0.4, -0.2) is 30.8 Å². The van der Waals surface area contributed by atoms with Crippen LogP contribution < -0.4 is 5.32 Å². The van der Waals surface area contributed by atoms with E-state index in [2.05, 4.69) is 5.32 Å². The van der Waals surface area contributed by atoms with E-state index in [1.165, 1.54) is 0 Å². The molecular formula is C19H22N2O2. The molecule has 4 heteroatoms. The zero-order valence-electron chi connectivity index (χ0n) is 13.8. The normalized spacial score (nSPS) is 10.2. The third kappa shape index (κ3) is 4.68. The molecule has 2 aromatic carbocycles. The van der Waals surface area contributed by atoms with Crippen LogP contribution in [0.2, 0.25) is 0 Å². The maximum absolute atomic E-state index is 12.3. The van der Waals surface area contributed by atoms with E-state index >= 15 is 0 Å². The van der Waals surface area contributed by atoms with Crippen molar-refractivity contribution in [3.8, 4) is 0 Å². The number of hydrogen-bond donors (Lipinski definition) is 1. The van der Waals surface area contributed by atoms with Gasteiger partial charge < -0.3 is 10.2 Å². The summed E-state index contributed by atoms with van der Waals surface area (Å²) in [5, 5.41) is 2.92. The number of nitrogens with one attached hydrogen (secondary N) is 1. The molecule has 0 saturated carbocycles. The van der Waals surface area contributed by atoms with Gasteiger partial charge in [0.2, 0.25) is 5.91 Å². The van der Waals surface area contributed by atoms with E-state index in [0.717, 1.165) is 16.8 Å². The van der Waals surface area contributed by atoms with Crippen molar-refractivity contribution in [1.82, 2.24) is 4.90 Å². The van der Waals surface area contributed by atoms with E-state index in [4.69, 9.17) is 0 Å². The minimum atomic E-state index is -0.121. The first kappa shape index (κ1) is 16.7. The molecule has 0 radical (unpaired) electrons. The second-order valence-electron chi connectivity index (χ2n) is 5.76. The van der Waals surface area contributed by atoms with Gasteiger partial charge in [-0.15, -0.1) is 0 Å². The van der Waals surface area contributed by atoms with Crippen LogP contribution >= 0.6 is 0 Å². The molecule has 120 valence electrons. The highest BCUT2D eigenvalue weighted by Crippen LogP contribution is 2.15. The number of nitrogens with zero attached hydrogens (tertiary/aromatic N) is 1. The second kappa shape index (κ2) is 7.58.